The van der Waals surface area contributed by atoms with Gasteiger partial charge in [0.2, 0.25) is 5.88 Å². The highest BCUT2D eigenvalue weighted by Crippen LogP contribution is 2.40. The van der Waals surface area contributed by atoms with Gasteiger partial charge in [0.1, 0.15) is 5.56 Å². The molecule has 1 aromatic heterocycles. The van der Waals surface area contributed by atoms with Crippen molar-refractivity contribution in [1.82, 2.24) is 9.88 Å². The van der Waals surface area contributed by atoms with Crippen LogP contribution in [0.15, 0.2) is 18.3 Å². The van der Waals surface area contributed by atoms with Crippen molar-refractivity contribution in [3.63, 3.8) is 0 Å². The second-order valence-corrected chi connectivity index (χ2v) is 6.62. The van der Waals surface area contributed by atoms with Gasteiger partial charge in [-0.25, -0.2) is 4.98 Å². The van der Waals surface area contributed by atoms with Crippen LogP contribution >= 0.6 is 11.8 Å². The first-order valence-electron chi connectivity index (χ1n) is 7.09. The number of methoxy groups -OCH3 is 1. The molecular formula is C15H20N2O2S. The lowest BCUT2D eigenvalue weighted by atomic mass is 10.0. The van der Waals surface area contributed by atoms with Crippen molar-refractivity contribution in [3.05, 3.63) is 23.9 Å². The molecule has 3 heterocycles. The van der Waals surface area contributed by atoms with Crippen molar-refractivity contribution in [2.24, 2.45) is 0 Å². The monoisotopic (exact) mass is 292 g/mol. The molecule has 2 aliphatic heterocycles. The van der Waals surface area contributed by atoms with Crippen LogP contribution in [0.2, 0.25) is 0 Å². The molecule has 20 heavy (non-hydrogen) atoms. The summed E-state index contributed by atoms with van der Waals surface area (Å²) in [7, 11) is 1.56. The van der Waals surface area contributed by atoms with E-state index in [0.717, 1.165) is 25.7 Å². The average molecular weight is 292 g/mol. The summed E-state index contributed by atoms with van der Waals surface area (Å²) in [5, 5.41) is 0.701. The maximum absolute atomic E-state index is 12.8. The zero-order valence-electron chi connectivity index (χ0n) is 11.9. The smallest absolute Gasteiger partial charge is 0.259 e. The minimum atomic E-state index is 0.0852. The number of ether oxygens (including phenoxy) is 1. The SMILES string of the molecule is COc1ncccc1C(=O)N1C2CCC1CC(SC)C2. The zero-order chi connectivity index (χ0) is 14.1. The molecular weight excluding hydrogens is 272 g/mol. The standard InChI is InChI=1S/C15H20N2O2S/c1-19-14-13(4-3-7-16-14)15(18)17-10-5-6-11(17)9-12(8-10)20-2/h3-4,7,10-12H,5-6,8-9H2,1-2H3. The van der Waals surface area contributed by atoms with Crippen molar-refractivity contribution >= 4 is 17.7 Å². The molecule has 0 saturated carbocycles. The number of thioether (sulfide) groups is 1. The van der Waals surface area contributed by atoms with Gasteiger partial charge in [-0.05, 0) is 44.1 Å². The normalized spacial score (nSPS) is 28.5. The fourth-order valence-corrected chi connectivity index (χ4v) is 4.34. The minimum absolute atomic E-state index is 0.0852. The third kappa shape index (κ3) is 2.28. The summed E-state index contributed by atoms with van der Waals surface area (Å²) in [4.78, 5) is 19.1. The number of fused-ring (bicyclic) bond motifs is 2. The number of rotatable bonds is 3. The van der Waals surface area contributed by atoms with Gasteiger partial charge in [0.05, 0.1) is 7.11 Å². The lowest BCUT2D eigenvalue weighted by molar-refractivity contribution is 0.0597. The van der Waals surface area contributed by atoms with Gasteiger partial charge in [-0.3, -0.25) is 4.79 Å². The van der Waals surface area contributed by atoms with Crippen LogP contribution < -0.4 is 4.74 Å². The van der Waals surface area contributed by atoms with Crippen LogP contribution in [0, 0.1) is 0 Å². The van der Waals surface area contributed by atoms with Gasteiger partial charge in [-0.2, -0.15) is 11.8 Å². The molecule has 1 amide bonds. The van der Waals surface area contributed by atoms with Crippen LogP contribution in [-0.2, 0) is 0 Å². The van der Waals surface area contributed by atoms with E-state index in [1.807, 2.05) is 17.8 Å². The molecule has 0 radical (unpaired) electrons. The Morgan fingerprint density at radius 3 is 2.70 bits per heavy atom. The maximum atomic E-state index is 12.8. The molecule has 0 N–H and O–H groups in total. The van der Waals surface area contributed by atoms with E-state index in [2.05, 4.69) is 16.1 Å². The van der Waals surface area contributed by atoms with E-state index in [9.17, 15) is 4.79 Å². The van der Waals surface area contributed by atoms with E-state index in [4.69, 9.17) is 4.74 Å². The maximum Gasteiger partial charge on any atom is 0.259 e. The fraction of sp³-hybridized carbons (Fsp3) is 0.600. The number of nitrogens with zero attached hydrogens (tertiary/aromatic N) is 2. The van der Waals surface area contributed by atoms with Gasteiger partial charge >= 0.3 is 0 Å². The van der Waals surface area contributed by atoms with Crippen molar-refractivity contribution < 1.29 is 9.53 Å². The summed E-state index contributed by atoms with van der Waals surface area (Å²) in [5.41, 5.74) is 0.592. The molecule has 108 valence electrons. The van der Waals surface area contributed by atoms with Crippen molar-refractivity contribution in [2.45, 2.75) is 43.0 Å². The minimum Gasteiger partial charge on any atom is -0.480 e. The van der Waals surface area contributed by atoms with Gasteiger partial charge < -0.3 is 9.64 Å². The van der Waals surface area contributed by atoms with E-state index < -0.39 is 0 Å². The number of aromatic nitrogens is 1. The Balaban J connectivity index is 1.85. The summed E-state index contributed by atoms with van der Waals surface area (Å²) in [6.45, 7) is 0. The third-order valence-corrected chi connectivity index (χ3v) is 5.50. The largest absolute Gasteiger partial charge is 0.480 e. The molecule has 2 bridgehead atoms. The molecule has 2 unspecified atom stereocenters. The molecule has 0 spiro atoms. The first-order chi connectivity index (χ1) is 9.74. The number of amides is 1. The Bertz CT molecular complexity index is 494. The Kier molecular flexibility index (Phi) is 3.87. The summed E-state index contributed by atoms with van der Waals surface area (Å²) in [5.74, 6) is 0.519. The number of hydrogen-bond acceptors (Lipinski definition) is 4. The van der Waals surface area contributed by atoms with E-state index in [-0.39, 0.29) is 5.91 Å². The van der Waals surface area contributed by atoms with Crippen LogP contribution in [0.3, 0.4) is 0 Å². The van der Waals surface area contributed by atoms with Crippen LogP contribution in [0.1, 0.15) is 36.0 Å². The summed E-state index contributed by atoms with van der Waals surface area (Å²) in [6.07, 6.45) is 8.33. The molecule has 2 saturated heterocycles. The van der Waals surface area contributed by atoms with Crippen molar-refractivity contribution in [3.8, 4) is 5.88 Å². The summed E-state index contributed by atoms with van der Waals surface area (Å²) < 4.78 is 5.23. The van der Waals surface area contributed by atoms with Gasteiger partial charge in [0.15, 0.2) is 0 Å². The number of carbonyl (C=O) groups is 1. The molecule has 1 aromatic rings. The number of pyridine rings is 1. The van der Waals surface area contributed by atoms with Gasteiger partial charge in [-0.1, -0.05) is 0 Å². The van der Waals surface area contributed by atoms with Gasteiger partial charge in [-0.15, -0.1) is 0 Å². The summed E-state index contributed by atoms with van der Waals surface area (Å²) in [6, 6.07) is 4.40. The second kappa shape index (κ2) is 5.64. The lowest BCUT2D eigenvalue weighted by Gasteiger charge is -2.38. The molecule has 4 nitrogen and oxygen atoms in total. The molecule has 2 fully saturated rings. The van der Waals surface area contributed by atoms with Crippen molar-refractivity contribution in [2.75, 3.05) is 13.4 Å². The van der Waals surface area contributed by atoms with E-state index in [1.54, 1.807) is 19.4 Å². The van der Waals surface area contributed by atoms with E-state index >= 15 is 0 Å². The zero-order valence-corrected chi connectivity index (χ0v) is 12.7. The average Bonchev–Trinajstić information content (AvgIpc) is 2.76. The van der Waals surface area contributed by atoms with Crippen LogP contribution in [0.5, 0.6) is 5.88 Å². The third-order valence-electron chi connectivity index (χ3n) is 4.45. The van der Waals surface area contributed by atoms with Crippen LogP contribution in [0.4, 0.5) is 0 Å². The van der Waals surface area contributed by atoms with Crippen molar-refractivity contribution in [1.29, 1.82) is 0 Å². The number of carbonyl (C=O) groups excluding carboxylic acids is 1. The fourth-order valence-electron chi connectivity index (χ4n) is 3.51. The molecule has 2 aliphatic rings. The van der Waals surface area contributed by atoms with Crippen LogP contribution in [0.25, 0.3) is 0 Å². The first kappa shape index (κ1) is 13.7. The Labute approximate surface area is 123 Å². The molecule has 3 rings (SSSR count). The Morgan fingerprint density at radius 2 is 2.10 bits per heavy atom. The van der Waals surface area contributed by atoms with Gasteiger partial charge in [0.25, 0.3) is 5.91 Å². The lowest BCUT2D eigenvalue weighted by Crippen LogP contribution is -2.47. The Hall–Kier alpha value is -1.23. The summed E-state index contributed by atoms with van der Waals surface area (Å²) >= 11 is 1.94. The highest BCUT2D eigenvalue weighted by molar-refractivity contribution is 7.99. The highest BCUT2D eigenvalue weighted by Gasteiger charge is 2.43. The van der Waals surface area contributed by atoms with E-state index in [1.165, 1.54) is 0 Å². The molecule has 2 atom stereocenters. The number of piperidine rings is 1. The molecule has 5 heteroatoms. The van der Waals surface area contributed by atoms with Crippen LogP contribution in [-0.4, -0.2) is 46.5 Å². The first-order valence-corrected chi connectivity index (χ1v) is 8.37. The number of hydrogen-bond donors (Lipinski definition) is 0. The second-order valence-electron chi connectivity index (χ2n) is 5.49. The predicted molar refractivity (Wildman–Crippen MR) is 80.3 cm³/mol. The Morgan fingerprint density at radius 1 is 1.40 bits per heavy atom. The molecule has 0 aromatic carbocycles. The molecule has 0 aliphatic carbocycles. The predicted octanol–water partition coefficient (Wildman–Crippen LogP) is 2.59. The highest BCUT2D eigenvalue weighted by atomic mass is 32.2. The quantitative estimate of drug-likeness (QED) is 0.859. The topological polar surface area (TPSA) is 42.4 Å². The van der Waals surface area contributed by atoms with Gasteiger partial charge in [0, 0.05) is 23.5 Å². The van der Waals surface area contributed by atoms with E-state index in [0.29, 0.717) is 28.8 Å².